The number of aromatic nitrogens is 1. The molecule has 0 aromatic carbocycles. The van der Waals surface area contributed by atoms with Crippen molar-refractivity contribution in [3.63, 3.8) is 0 Å². The van der Waals surface area contributed by atoms with E-state index in [-0.39, 0.29) is 0 Å². The second-order valence-electron chi connectivity index (χ2n) is 6.30. The second kappa shape index (κ2) is 5.59. The van der Waals surface area contributed by atoms with Gasteiger partial charge in [-0.1, -0.05) is 19.3 Å². The first kappa shape index (κ1) is 13.1. The Morgan fingerprint density at radius 1 is 1.11 bits per heavy atom. The average molecular weight is 259 g/mol. The Labute approximate surface area is 116 Å². The van der Waals surface area contributed by atoms with Crippen molar-refractivity contribution in [2.75, 3.05) is 26.7 Å². The molecule has 19 heavy (non-hydrogen) atoms. The molecule has 1 saturated carbocycles. The molecular formula is C16H25N3. The number of hydrogen-bond acceptors (Lipinski definition) is 3. The number of pyridine rings is 1. The third-order valence-electron chi connectivity index (χ3n) is 4.89. The van der Waals surface area contributed by atoms with Gasteiger partial charge in [-0.05, 0) is 37.6 Å². The predicted molar refractivity (Wildman–Crippen MR) is 78.0 cm³/mol. The van der Waals surface area contributed by atoms with Crippen LogP contribution in [0.25, 0.3) is 0 Å². The van der Waals surface area contributed by atoms with Gasteiger partial charge in [-0.2, -0.15) is 0 Å². The Kier molecular flexibility index (Phi) is 3.85. The molecule has 1 saturated heterocycles. The van der Waals surface area contributed by atoms with Crippen molar-refractivity contribution in [3.8, 4) is 0 Å². The van der Waals surface area contributed by atoms with Crippen LogP contribution < -0.4 is 0 Å². The lowest BCUT2D eigenvalue weighted by molar-refractivity contribution is -0.0238. The van der Waals surface area contributed by atoms with E-state index in [1.807, 2.05) is 12.4 Å². The minimum absolute atomic E-state index is 0.439. The van der Waals surface area contributed by atoms with Crippen LogP contribution in [0.4, 0.5) is 0 Å². The average Bonchev–Trinajstić information content (AvgIpc) is 2.44. The summed E-state index contributed by atoms with van der Waals surface area (Å²) in [5, 5.41) is 0. The molecule has 104 valence electrons. The van der Waals surface area contributed by atoms with Crippen LogP contribution in [0.3, 0.4) is 0 Å². The van der Waals surface area contributed by atoms with Crippen molar-refractivity contribution in [3.05, 3.63) is 30.1 Å². The van der Waals surface area contributed by atoms with Gasteiger partial charge in [0, 0.05) is 44.1 Å². The Morgan fingerprint density at radius 2 is 1.84 bits per heavy atom. The molecule has 0 amide bonds. The fraction of sp³-hybridized carbons (Fsp3) is 0.688. The molecule has 3 heteroatoms. The first-order valence-electron chi connectivity index (χ1n) is 7.61. The van der Waals surface area contributed by atoms with E-state index in [0.717, 1.165) is 6.54 Å². The molecule has 2 fully saturated rings. The van der Waals surface area contributed by atoms with Crippen molar-refractivity contribution in [1.82, 2.24) is 14.8 Å². The predicted octanol–water partition coefficient (Wildman–Crippen LogP) is 2.53. The molecule has 2 aliphatic rings. The molecule has 1 aromatic heterocycles. The van der Waals surface area contributed by atoms with E-state index in [9.17, 15) is 0 Å². The van der Waals surface area contributed by atoms with E-state index in [1.165, 1.54) is 57.3 Å². The Hall–Kier alpha value is -0.930. The maximum Gasteiger partial charge on any atom is 0.0340 e. The molecule has 2 heterocycles. The SMILES string of the molecule is CN1CCN(Cc2ccncc2)C2(CCCCC2)C1. The minimum atomic E-state index is 0.439. The first-order chi connectivity index (χ1) is 9.28. The van der Waals surface area contributed by atoms with Gasteiger partial charge in [0.2, 0.25) is 0 Å². The van der Waals surface area contributed by atoms with E-state index in [0.29, 0.717) is 5.54 Å². The summed E-state index contributed by atoms with van der Waals surface area (Å²) in [6, 6.07) is 4.32. The van der Waals surface area contributed by atoms with Gasteiger partial charge in [0.15, 0.2) is 0 Å². The fourth-order valence-corrected chi connectivity index (χ4v) is 3.85. The summed E-state index contributed by atoms with van der Waals surface area (Å²) in [4.78, 5) is 9.40. The largest absolute Gasteiger partial charge is 0.303 e. The summed E-state index contributed by atoms with van der Waals surface area (Å²) in [6.07, 6.45) is 10.8. The zero-order chi connectivity index (χ0) is 13.1. The van der Waals surface area contributed by atoms with Gasteiger partial charge in [-0.25, -0.2) is 0 Å². The Morgan fingerprint density at radius 3 is 2.58 bits per heavy atom. The van der Waals surface area contributed by atoms with E-state index in [1.54, 1.807) is 0 Å². The number of nitrogens with zero attached hydrogens (tertiary/aromatic N) is 3. The molecule has 1 aliphatic heterocycles. The fourth-order valence-electron chi connectivity index (χ4n) is 3.85. The van der Waals surface area contributed by atoms with Gasteiger partial charge in [0.05, 0.1) is 0 Å². The number of hydrogen-bond donors (Lipinski definition) is 0. The highest BCUT2D eigenvalue weighted by atomic mass is 15.3. The van der Waals surface area contributed by atoms with Crippen molar-refractivity contribution >= 4 is 0 Å². The molecule has 3 rings (SSSR count). The number of piperazine rings is 1. The summed E-state index contributed by atoms with van der Waals surface area (Å²) >= 11 is 0. The van der Waals surface area contributed by atoms with Gasteiger partial charge >= 0.3 is 0 Å². The van der Waals surface area contributed by atoms with Crippen LogP contribution in [-0.2, 0) is 6.54 Å². The quantitative estimate of drug-likeness (QED) is 0.813. The highest BCUT2D eigenvalue weighted by Gasteiger charge is 2.41. The monoisotopic (exact) mass is 259 g/mol. The summed E-state index contributed by atoms with van der Waals surface area (Å²) in [5.74, 6) is 0. The molecule has 0 radical (unpaired) electrons. The molecule has 1 aliphatic carbocycles. The minimum Gasteiger partial charge on any atom is -0.303 e. The molecule has 3 nitrogen and oxygen atoms in total. The van der Waals surface area contributed by atoms with E-state index in [2.05, 4.69) is 34.0 Å². The second-order valence-corrected chi connectivity index (χ2v) is 6.30. The Balaban J connectivity index is 1.77. The standard InChI is InChI=1S/C16H25N3/c1-18-11-12-19(13-15-5-9-17-10-6-15)16(14-18)7-3-2-4-8-16/h5-6,9-10H,2-4,7-8,11-14H2,1H3. The van der Waals surface area contributed by atoms with Crippen LogP contribution in [0, 0.1) is 0 Å². The zero-order valence-electron chi connectivity index (χ0n) is 12.0. The lowest BCUT2D eigenvalue weighted by Crippen LogP contribution is -2.61. The van der Waals surface area contributed by atoms with E-state index in [4.69, 9.17) is 0 Å². The normalized spacial score (nSPS) is 24.7. The van der Waals surface area contributed by atoms with Crippen LogP contribution in [0.5, 0.6) is 0 Å². The highest BCUT2D eigenvalue weighted by Crippen LogP contribution is 2.37. The van der Waals surface area contributed by atoms with Crippen LogP contribution in [0.1, 0.15) is 37.7 Å². The molecule has 0 bridgehead atoms. The van der Waals surface area contributed by atoms with E-state index >= 15 is 0 Å². The zero-order valence-corrected chi connectivity index (χ0v) is 12.0. The number of likely N-dealkylation sites (N-methyl/N-ethyl adjacent to an activating group) is 1. The number of rotatable bonds is 2. The molecule has 1 spiro atoms. The van der Waals surface area contributed by atoms with Gasteiger partial charge in [-0.15, -0.1) is 0 Å². The van der Waals surface area contributed by atoms with Crippen molar-refractivity contribution in [2.24, 2.45) is 0 Å². The first-order valence-corrected chi connectivity index (χ1v) is 7.61. The maximum absolute atomic E-state index is 4.13. The van der Waals surface area contributed by atoms with Crippen molar-refractivity contribution in [1.29, 1.82) is 0 Å². The lowest BCUT2D eigenvalue weighted by Gasteiger charge is -2.52. The van der Waals surface area contributed by atoms with Crippen molar-refractivity contribution < 1.29 is 0 Å². The van der Waals surface area contributed by atoms with Crippen LogP contribution in [-0.4, -0.2) is 47.0 Å². The molecule has 1 aromatic rings. The summed E-state index contributed by atoms with van der Waals surface area (Å²) < 4.78 is 0. The van der Waals surface area contributed by atoms with Gasteiger partial charge in [0.1, 0.15) is 0 Å². The third kappa shape index (κ3) is 2.82. The molecule has 0 atom stereocenters. The molecule has 0 N–H and O–H groups in total. The van der Waals surface area contributed by atoms with Gasteiger partial charge in [0.25, 0.3) is 0 Å². The van der Waals surface area contributed by atoms with E-state index < -0.39 is 0 Å². The topological polar surface area (TPSA) is 19.4 Å². The molecular weight excluding hydrogens is 234 g/mol. The van der Waals surface area contributed by atoms with Crippen molar-refractivity contribution in [2.45, 2.75) is 44.2 Å². The summed E-state index contributed by atoms with van der Waals surface area (Å²) in [6.45, 7) is 4.75. The maximum atomic E-state index is 4.13. The van der Waals surface area contributed by atoms with Crippen LogP contribution in [0.2, 0.25) is 0 Å². The lowest BCUT2D eigenvalue weighted by atomic mass is 9.78. The van der Waals surface area contributed by atoms with Gasteiger partial charge < -0.3 is 4.90 Å². The summed E-state index contributed by atoms with van der Waals surface area (Å²) in [5.41, 5.74) is 1.85. The third-order valence-corrected chi connectivity index (χ3v) is 4.89. The summed E-state index contributed by atoms with van der Waals surface area (Å²) in [7, 11) is 2.28. The smallest absolute Gasteiger partial charge is 0.0340 e. The van der Waals surface area contributed by atoms with Gasteiger partial charge in [-0.3, -0.25) is 9.88 Å². The molecule has 0 unspecified atom stereocenters. The Bertz CT molecular complexity index is 398. The highest BCUT2D eigenvalue weighted by molar-refractivity contribution is 5.11. The van der Waals surface area contributed by atoms with Crippen LogP contribution >= 0.6 is 0 Å². The van der Waals surface area contributed by atoms with Crippen LogP contribution in [0.15, 0.2) is 24.5 Å².